The fraction of sp³-hybridized carbons (Fsp3) is 0.267. The summed E-state index contributed by atoms with van der Waals surface area (Å²) in [5.74, 6) is 0. The predicted octanol–water partition coefficient (Wildman–Crippen LogP) is 2.62. The van der Waals surface area contributed by atoms with Gasteiger partial charge in [-0.3, -0.25) is 9.36 Å². The second kappa shape index (κ2) is 4.68. The molecule has 23 heavy (non-hydrogen) atoms. The zero-order chi connectivity index (χ0) is 16.2. The van der Waals surface area contributed by atoms with E-state index in [1.54, 1.807) is 10.6 Å². The normalized spacial score (nSPS) is 14.4. The molecule has 0 amide bonds. The van der Waals surface area contributed by atoms with Crippen LogP contribution in [-0.4, -0.2) is 20.0 Å². The van der Waals surface area contributed by atoms with Crippen LogP contribution in [0.15, 0.2) is 29.1 Å². The smallest absolute Gasteiger partial charge is 0.295 e. The molecule has 5 nitrogen and oxygen atoms in total. The van der Waals surface area contributed by atoms with Crippen molar-refractivity contribution < 1.29 is 13.2 Å². The minimum atomic E-state index is -4.43. The van der Waals surface area contributed by atoms with Gasteiger partial charge in [-0.2, -0.15) is 23.5 Å². The molecule has 2 aromatic heterocycles. The number of H-pyrrole nitrogens is 1. The molecule has 1 aromatic carbocycles. The SMILES string of the molecule is O=c1c2c(n(-c3cccc(C(F)(F)F)c3)c3n[nH]nc13)CCC2. The molecule has 0 atom stereocenters. The monoisotopic (exact) mass is 320 g/mol. The van der Waals surface area contributed by atoms with E-state index in [2.05, 4.69) is 15.4 Å². The molecule has 0 spiro atoms. The Kier molecular flexibility index (Phi) is 2.84. The summed E-state index contributed by atoms with van der Waals surface area (Å²) < 4.78 is 40.6. The van der Waals surface area contributed by atoms with Crippen LogP contribution in [0.2, 0.25) is 0 Å². The molecule has 0 radical (unpaired) electrons. The Morgan fingerprint density at radius 2 is 2.00 bits per heavy atom. The Bertz CT molecular complexity index is 971. The first-order valence-electron chi connectivity index (χ1n) is 7.11. The lowest BCUT2D eigenvalue weighted by atomic mass is 10.1. The van der Waals surface area contributed by atoms with Crippen molar-refractivity contribution in [1.82, 2.24) is 20.0 Å². The van der Waals surface area contributed by atoms with Gasteiger partial charge in [-0.05, 0) is 37.5 Å². The van der Waals surface area contributed by atoms with Crippen LogP contribution < -0.4 is 5.43 Å². The molecule has 0 saturated carbocycles. The zero-order valence-corrected chi connectivity index (χ0v) is 11.8. The zero-order valence-electron chi connectivity index (χ0n) is 11.8. The third kappa shape index (κ3) is 2.05. The van der Waals surface area contributed by atoms with Crippen LogP contribution in [0.1, 0.15) is 23.2 Å². The van der Waals surface area contributed by atoms with Gasteiger partial charge >= 0.3 is 6.18 Å². The van der Waals surface area contributed by atoms with Crippen molar-refractivity contribution in [2.45, 2.75) is 25.4 Å². The van der Waals surface area contributed by atoms with Crippen molar-refractivity contribution in [1.29, 1.82) is 0 Å². The molecular formula is C15H11F3N4O. The molecule has 2 heterocycles. The van der Waals surface area contributed by atoms with Crippen LogP contribution in [0.4, 0.5) is 13.2 Å². The second-order valence-corrected chi connectivity index (χ2v) is 5.49. The molecule has 0 saturated heterocycles. The molecule has 0 fully saturated rings. The minimum absolute atomic E-state index is 0.156. The number of benzene rings is 1. The number of halogens is 3. The van der Waals surface area contributed by atoms with E-state index in [-0.39, 0.29) is 16.6 Å². The molecule has 0 unspecified atom stereocenters. The van der Waals surface area contributed by atoms with Crippen LogP contribution in [0.25, 0.3) is 16.9 Å². The molecule has 1 aliphatic rings. The number of rotatable bonds is 1. The van der Waals surface area contributed by atoms with Crippen LogP contribution in [0, 0.1) is 0 Å². The molecule has 1 aliphatic carbocycles. The van der Waals surface area contributed by atoms with Crippen molar-refractivity contribution in [3.05, 3.63) is 51.3 Å². The van der Waals surface area contributed by atoms with E-state index in [1.807, 2.05) is 0 Å². The van der Waals surface area contributed by atoms with E-state index in [1.165, 1.54) is 6.07 Å². The summed E-state index contributed by atoms with van der Waals surface area (Å²) in [6.07, 6.45) is -2.40. The molecule has 118 valence electrons. The van der Waals surface area contributed by atoms with Gasteiger partial charge in [0.15, 0.2) is 11.2 Å². The van der Waals surface area contributed by atoms with Gasteiger partial charge in [0.2, 0.25) is 5.43 Å². The highest BCUT2D eigenvalue weighted by Crippen LogP contribution is 2.32. The van der Waals surface area contributed by atoms with E-state index in [0.29, 0.717) is 24.1 Å². The predicted molar refractivity (Wildman–Crippen MR) is 76.5 cm³/mol. The largest absolute Gasteiger partial charge is 0.416 e. The number of aromatic amines is 1. The highest BCUT2D eigenvalue weighted by Gasteiger charge is 2.31. The lowest BCUT2D eigenvalue weighted by Crippen LogP contribution is -2.16. The Balaban J connectivity index is 2.06. The van der Waals surface area contributed by atoms with Crippen molar-refractivity contribution in [3.8, 4) is 5.69 Å². The lowest BCUT2D eigenvalue weighted by molar-refractivity contribution is -0.137. The maximum atomic E-state index is 13.0. The topological polar surface area (TPSA) is 63.6 Å². The number of nitrogens with zero attached hydrogens (tertiary/aromatic N) is 3. The van der Waals surface area contributed by atoms with Crippen molar-refractivity contribution in [3.63, 3.8) is 0 Å². The van der Waals surface area contributed by atoms with Crippen LogP contribution >= 0.6 is 0 Å². The van der Waals surface area contributed by atoms with Gasteiger partial charge in [0.1, 0.15) is 0 Å². The fourth-order valence-electron chi connectivity index (χ4n) is 3.12. The standard InChI is InChI=1S/C15H11F3N4O/c16-15(17,18)8-3-1-4-9(7-8)22-11-6-2-5-10(11)13(23)12-14(22)20-21-19-12/h1,3-4,7H,2,5-6H2,(H,19,20,21). The van der Waals surface area contributed by atoms with E-state index >= 15 is 0 Å². The molecule has 0 aliphatic heterocycles. The Labute approximate surface area is 127 Å². The minimum Gasteiger partial charge on any atom is -0.295 e. The van der Waals surface area contributed by atoms with E-state index in [0.717, 1.165) is 24.2 Å². The van der Waals surface area contributed by atoms with Gasteiger partial charge in [-0.1, -0.05) is 6.07 Å². The second-order valence-electron chi connectivity index (χ2n) is 5.49. The van der Waals surface area contributed by atoms with Gasteiger partial charge in [0, 0.05) is 16.9 Å². The van der Waals surface area contributed by atoms with Crippen LogP contribution in [0.3, 0.4) is 0 Å². The van der Waals surface area contributed by atoms with Crippen molar-refractivity contribution in [2.75, 3.05) is 0 Å². The quantitative estimate of drug-likeness (QED) is 0.749. The highest BCUT2D eigenvalue weighted by molar-refractivity contribution is 5.74. The summed E-state index contributed by atoms with van der Waals surface area (Å²) in [4.78, 5) is 12.4. The van der Waals surface area contributed by atoms with E-state index in [4.69, 9.17) is 0 Å². The van der Waals surface area contributed by atoms with Crippen molar-refractivity contribution in [2.24, 2.45) is 0 Å². The highest BCUT2D eigenvalue weighted by atomic mass is 19.4. The molecule has 8 heteroatoms. The Morgan fingerprint density at radius 1 is 1.17 bits per heavy atom. The maximum Gasteiger partial charge on any atom is 0.416 e. The molecular weight excluding hydrogens is 309 g/mol. The van der Waals surface area contributed by atoms with Crippen LogP contribution in [-0.2, 0) is 19.0 Å². The number of aromatic nitrogens is 4. The Morgan fingerprint density at radius 3 is 2.78 bits per heavy atom. The first-order chi connectivity index (χ1) is 11.0. The summed E-state index contributed by atoms with van der Waals surface area (Å²) in [6.45, 7) is 0. The van der Waals surface area contributed by atoms with Gasteiger partial charge in [-0.15, -0.1) is 5.10 Å². The number of fused-ring (bicyclic) bond motifs is 2. The average Bonchev–Trinajstić information content (AvgIpc) is 3.16. The molecule has 3 aromatic rings. The summed E-state index contributed by atoms with van der Waals surface area (Å²) in [5, 5.41) is 10.2. The van der Waals surface area contributed by atoms with Gasteiger partial charge in [0.25, 0.3) is 0 Å². The third-order valence-corrected chi connectivity index (χ3v) is 4.12. The third-order valence-electron chi connectivity index (χ3n) is 4.12. The van der Waals surface area contributed by atoms with Gasteiger partial charge < -0.3 is 0 Å². The average molecular weight is 320 g/mol. The number of hydrogen-bond donors (Lipinski definition) is 1. The fourth-order valence-corrected chi connectivity index (χ4v) is 3.12. The summed E-state index contributed by atoms with van der Waals surface area (Å²) in [7, 11) is 0. The first kappa shape index (κ1) is 14.0. The maximum absolute atomic E-state index is 13.0. The van der Waals surface area contributed by atoms with E-state index in [9.17, 15) is 18.0 Å². The van der Waals surface area contributed by atoms with Crippen molar-refractivity contribution >= 4 is 11.2 Å². The van der Waals surface area contributed by atoms with Gasteiger partial charge in [-0.25, -0.2) is 0 Å². The number of hydrogen-bond acceptors (Lipinski definition) is 3. The number of alkyl halides is 3. The Hall–Kier alpha value is -2.64. The number of nitrogens with one attached hydrogen (secondary N) is 1. The lowest BCUT2D eigenvalue weighted by Gasteiger charge is -2.15. The van der Waals surface area contributed by atoms with Gasteiger partial charge in [0.05, 0.1) is 5.56 Å². The van der Waals surface area contributed by atoms with Crippen LogP contribution in [0.5, 0.6) is 0 Å². The molecule has 1 N–H and O–H groups in total. The molecule has 4 rings (SSSR count). The summed E-state index contributed by atoms with van der Waals surface area (Å²) in [5.41, 5.74) is 1.15. The van der Waals surface area contributed by atoms with E-state index < -0.39 is 11.7 Å². The molecule has 0 bridgehead atoms. The summed E-state index contributed by atoms with van der Waals surface area (Å²) in [6, 6.07) is 5.01. The number of pyridine rings is 1. The summed E-state index contributed by atoms with van der Waals surface area (Å²) >= 11 is 0. The first-order valence-corrected chi connectivity index (χ1v) is 7.11.